The number of carbonyl (C=O) groups is 2. The highest BCUT2D eigenvalue weighted by Crippen LogP contribution is 2.46. The first-order valence-corrected chi connectivity index (χ1v) is 16.1. The van der Waals surface area contributed by atoms with Gasteiger partial charge in [0.15, 0.2) is 0 Å². The molecule has 12 heteroatoms. The Morgan fingerprint density at radius 2 is 1.79 bits per heavy atom. The maximum atomic E-state index is 13.6. The van der Waals surface area contributed by atoms with Gasteiger partial charge in [0.25, 0.3) is 11.5 Å². The number of carboxylic acid groups (broad SMARTS) is 1. The Balaban J connectivity index is 1.72. The molecule has 0 unspecified atom stereocenters. The second-order valence-corrected chi connectivity index (χ2v) is 13.3. The van der Waals surface area contributed by atoms with Crippen LogP contribution in [0.5, 0.6) is 0 Å². The predicted molar refractivity (Wildman–Crippen MR) is 167 cm³/mol. The zero-order valence-corrected chi connectivity index (χ0v) is 25.8. The van der Waals surface area contributed by atoms with E-state index in [9.17, 15) is 19.5 Å². The number of amides is 1. The molecule has 1 amide bonds. The van der Waals surface area contributed by atoms with Gasteiger partial charge in [0, 0.05) is 23.0 Å². The molecule has 0 bridgehead atoms. The molecule has 1 fully saturated rings. The number of thiocarbonyl (C=S) groups is 1. The Morgan fingerprint density at radius 3 is 2.51 bits per heavy atom. The number of halogens is 1. The Labute approximate surface area is 250 Å². The Kier molecular flexibility index (Phi) is 10.4. The lowest BCUT2D eigenvalue weighted by Crippen LogP contribution is -2.35. The zero-order valence-electron chi connectivity index (χ0n) is 21.8. The normalized spacial score (nSPS) is 18.1. The van der Waals surface area contributed by atoms with Gasteiger partial charge < -0.3 is 10.0 Å². The van der Waals surface area contributed by atoms with Crippen LogP contribution in [-0.2, 0) is 16.1 Å². The number of hydrogen-bond donors (Lipinski definition) is 1. The fourth-order valence-electron chi connectivity index (χ4n) is 4.43. The topological polar surface area (TPSA) is 82.8 Å². The van der Waals surface area contributed by atoms with Gasteiger partial charge in [-0.3, -0.25) is 23.9 Å². The Hall–Kier alpha value is -2.05. The lowest BCUT2D eigenvalue weighted by molar-refractivity contribution is -0.140. The maximum absolute atomic E-state index is 13.6. The lowest BCUT2D eigenvalue weighted by Gasteiger charge is -2.17. The number of allylic oxidation sites excluding steroid dienone is 1. The molecule has 208 valence electrons. The number of carbonyl (C=O) groups excluding carboxylic acids is 1. The van der Waals surface area contributed by atoms with E-state index < -0.39 is 18.4 Å². The van der Waals surface area contributed by atoms with Gasteiger partial charge in [0.2, 0.25) is 0 Å². The molecule has 0 saturated carbocycles. The molecule has 0 radical (unpaired) electrons. The minimum absolute atomic E-state index is 0.157. The monoisotopic (exact) mass is 623 g/mol. The van der Waals surface area contributed by atoms with Crippen LogP contribution in [0.3, 0.4) is 0 Å². The van der Waals surface area contributed by atoms with E-state index in [1.54, 1.807) is 16.3 Å². The van der Waals surface area contributed by atoms with Crippen LogP contribution in [0, 0.1) is 0 Å². The molecule has 0 atom stereocenters. The van der Waals surface area contributed by atoms with Crippen molar-refractivity contribution in [3.05, 3.63) is 53.9 Å². The number of carboxylic acids is 1. The van der Waals surface area contributed by atoms with Gasteiger partial charge in [-0.15, -0.1) is 11.3 Å². The van der Waals surface area contributed by atoms with Crippen LogP contribution in [0.15, 0.2) is 39.0 Å². The highest BCUT2D eigenvalue weighted by molar-refractivity contribution is 8.30. The molecule has 3 heterocycles. The highest BCUT2D eigenvalue weighted by Gasteiger charge is 2.35. The van der Waals surface area contributed by atoms with E-state index in [0.29, 0.717) is 25.7 Å². The summed E-state index contributed by atoms with van der Waals surface area (Å²) in [6.07, 6.45) is 10.2. The number of thiazole rings is 1. The van der Waals surface area contributed by atoms with Gasteiger partial charge in [0.05, 0.1) is 15.2 Å². The van der Waals surface area contributed by atoms with Crippen molar-refractivity contribution in [1.82, 2.24) is 9.47 Å². The number of anilines is 1. The first kappa shape index (κ1) is 29.9. The minimum atomic E-state index is -1.14. The molecule has 1 saturated heterocycles. The van der Waals surface area contributed by atoms with E-state index >= 15 is 0 Å². The molecule has 2 aliphatic rings. The van der Waals surface area contributed by atoms with E-state index in [2.05, 4.69) is 18.7 Å². The standard InChI is InChI=1S/C27H30ClN3O4S4/c1-3-5-6-7-8-9-14-30-24(34)20(38-26(30)23-25(35)31(16-22(32)33)27(36)39-23)12-13-21-29(4-2)18-15-17(28)10-11-19(18)37-21/h10-13,15H,3-9,14,16H2,1-2H3,(H,32,33). The number of aliphatic carboxylic acids is 1. The fraction of sp³-hybridized carbons (Fsp3) is 0.407. The van der Waals surface area contributed by atoms with Crippen molar-refractivity contribution in [3.63, 3.8) is 0 Å². The summed E-state index contributed by atoms with van der Waals surface area (Å²) in [7, 11) is 0. The summed E-state index contributed by atoms with van der Waals surface area (Å²) in [4.78, 5) is 42.6. The lowest BCUT2D eigenvalue weighted by atomic mass is 10.1. The third-order valence-electron chi connectivity index (χ3n) is 6.37. The molecule has 2 aromatic rings. The summed E-state index contributed by atoms with van der Waals surface area (Å²) in [5, 5.41) is 10.9. The van der Waals surface area contributed by atoms with Crippen molar-refractivity contribution in [2.24, 2.45) is 0 Å². The van der Waals surface area contributed by atoms with Crippen molar-refractivity contribution in [1.29, 1.82) is 0 Å². The van der Waals surface area contributed by atoms with Crippen molar-refractivity contribution >= 4 is 91.5 Å². The number of thioether (sulfide) groups is 2. The summed E-state index contributed by atoms with van der Waals surface area (Å²) in [5.41, 5.74) is 0.882. The molecule has 4 rings (SSSR count). The third-order valence-corrected chi connectivity index (χ3v) is 10.4. The molecule has 2 aliphatic heterocycles. The second kappa shape index (κ2) is 13.5. The summed E-state index contributed by atoms with van der Waals surface area (Å²) in [5.74, 6) is -1.60. The van der Waals surface area contributed by atoms with Crippen LogP contribution in [0.25, 0.3) is 11.0 Å². The first-order chi connectivity index (χ1) is 18.7. The van der Waals surface area contributed by atoms with Gasteiger partial charge in [-0.25, -0.2) is 0 Å². The van der Waals surface area contributed by atoms with Crippen LogP contribution in [0.4, 0.5) is 5.69 Å². The van der Waals surface area contributed by atoms with E-state index in [0.717, 1.165) is 64.5 Å². The Bertz CT molecular complexity index is 1500. The number of hydrogen-bond acceptors (Lipinski definition) is 8. The van der Waals surface area contributed by atoms with Crippen LogP contribution in [0.2, 0.25) is 5.02 Å². The van der Waals surface area contributed by atoms with Crippen molar-refractivity contribution in [3.8, 4) is 0 Å². The van der Waals surface area contributed by atoms with Gasteiger partial charge >= 0.3 is 5.97 Å². The average molecular weight is 624 g/mol. The summed E-state index contributed by atoms with van der Waals surface area (Å²) in [6.45, 7) is 4.98. The van der Waals surface area contributed by atoms with Crippen LogP contribution in [-0.4, -0.2) is 43.9 Å². The van der Waals surface area contributed by atoms with Crippen LogP contribution >= 0.6 is 58.7 Å². The van der Waals surface area contributed by atoms with E-state index in [-0.39, 0.29) is 9.88 Å². The van der Waals surface area contributed by atoms with Gasteiger partial charge in [-0.1, -0.05) is 86.4 Å². The molecule has 0 aliphatic carbocycles. The third kappa shape index (κ3) is 6.82. The zero-order chi connectivity index (χ0) is 28.1. The first-order valence-electron chi connectivity index (χ1n) is 12.9. The summed E-state index contributed by atoms with van der Waals surface area (Å²) < 4.78 is 2.90. The summed E-state index contributed by atoms with van der Waals surface area (Å²) in [6, 6.07) is 5.80. The van der Waals surface area contributed by atoms with E-state index in [1.165, 1.54) is 24.2 Å². The van der Waals surface area contributed by atoms with Crippen molar-refractivity contribution in [2.45, 2.75) is 63.8 Å². The van der Waals surface area contributed by atoms with Crippen molar-refractivity contribution in [2.75, 3.05) is 18.0 Å². The number of fused-ring (bicyclic) bond motifs is 1. The fourth-order valence-corrected chi connectivity index (χ4v) is 8.18. The number of benzene rings is 1. The van der Waals surface area contributed by atoms with Gasteiger partial charge in [0.1, 0.15) is 20.4 Å². The number of rotatable bonds is 11. The average Bonchev–Trinajstić information content (AvgIpc) is 3.50. The van der Waals surface area contributed by atoms with Gasteiger partial charge in [-0.05, 0) is 43.7 Å². The molecular formula is C27H30ClN3O4S4. The number of nitrogens with zero attached hydrogens (tertiary/aromatic N) is 3. The number of unbranched alkanes of at least 4 members (excludes halogenated alkanes) is 5. The Morgan fingerprint density at radius 1 is 1.05 bits per heavy atom. The highest BCUT2D eigenvalue weighted by atomic mass is 35.5. The molecule has 1 aromatic carbocycles. The second-order valence-electron chi connectivity index (χ2n) is 9.11. The van der Waals surface area contributed by atoms with E-state index in [1.807, 2.05) is 30.4 Å². The largest absolute Gasteiger partial charge is 0.480 e. The predicted octanol–water partition coefficient (Wildman–Crippen LogP) is 5.23. The molecule has 0 spiro atoms. The van der Waals surface area contributed by atoms with Gasteiger partial charge in [-0.2, -0.15) is 0 Å². The molecular weight excluding hydrogens is 594 g/mol. The SMILES string of the molecule is CCCCCCCCn1c(=C2SC(=S)N(CC(=O)O)C2=O)sc(=CC=C2Sc3ccc(Cl)cc3N2CC)c1=O. The quantitative estimate of drug-likeness (QED) is 0.269. The summed E-state index contributed by atoms with van der Waals surface area (Å²) >= 11 is 15.5. The molecule has 39 heavy (non-hydrogen) atoms. The maximum Gasteiger partial charge on any atom is 0.323 e. The number of aromatic nitrogens is 1. The molecule has 1 N–H and O–H groups in total. The smallest absolute Gasteiger partial charge is 0.323 e. The molecule has 7 nitrogen and oxygen atoms in total. The van der Waals surface area contributed by atoms with E-state index in [4.69, 9.17) is 23.8 Å². The van der Waals surface area contributed by atoms with Crippen LogP contribution < -0.4 is 19.7 Å². The molecule has 1 aromatic heterocycles. The van der Waals surface area contributed by atoms with Crippen LogP contribution in [0.1, 0.15) is 52.4 Å². The van der Waals surface area contributed by atoms with Crippen molar-refractivity contribution < 1.29 is 14.7 Å². The minimum Gasteiger partial charge on any atom is -0.480 e.